The molecule has 96 valence electrons. The zero-order valence-corrected chi connectivity index (χ0v) is 12.6. The van der Waals surface area contributed by atoms with Crippen molar-refractivity contribution in [2.24, 2.45) is 5.84 Å². The van der Waals surface area contributed by atoms with Gasteiger partial charge in [0.2, 0.25) is 0 Å². The lowest BCUT2D eigenvalue weighted by molar-refractivity contribution is 0.137. The van der Waals surface area contributed by atoms with Crippen molar-refractivity contribution in [3.8, 4) is 0 Å². The second-order valence-corrected chi connectivity index (χ2v) is 5.92. The molecule has 0 radical (unpaired) electrons. The van der Waals surface area contributed by atoms with Gasteiger partial charge in [-0.2, -0.15) is 0 Å². The van der Waals surface area contributed by atoms with E-state index < -0.39 is 0 Å². The third-order valence-electron chi connectivity index (χ3n) is 3.59. The van der Waals surface area contributed by atoms with Crippen LogP contribution in [-0.2, 0) is 6.42 Å². The third-order valence-corrected chi connectivity index (χ3v) is 4.36. The minimum absolute atomic E-state index is 0.00989. The van der Waals surface area contributed by atoms with Crippen LogP contribution in [0, 0.1) is 0 Å². The van der Waals surface area contributed by atoms with Gasteiger partial charge in [0.1, 0.15) is 0 Å². The number of nitrogens with zero attached hydrogens (tertiary/aromatic N) is 1. The molecular formula is C13H22BrN3. The molecule has 0 aliphatic heterocycles. The van der Waals surface area contributed by atoms with Crippen LogP contribution in [0.2, 0.25) is 0 Å². The number of nitrogens with two attached hydrogens (primary N) is 1. The molecule has 0 spiro atoms. The second-order valence-electron chi connectivity index (χ2n) is 5.06. The summed E-state index contributed by atoms with van der Waals surface area (Å²) in [6.07, 6.45) is 0.892. The van der Waals surface area contributed by atoms with E-state index in [0.717, 1.165) is 10.9 Å². The number of nitrogens with one attached hydrogen (secondary N) is 1. The lowest BCUT2D eigenvalue weighted by Crippen LogP contribution is -2.58. The first kappa shape index (κ1) is 14.6. The summed E-state index contributed by atoms with van der Waals surface area (Å²) >= 11 is 3.58. The van der Waals surface area contributed by atoms with Crippen molar-refractivity contribution in [3.63, 3.8) is 0 Å². The van der Waals surface area contributed by atoms with Crippen LogP contribution in [0.3, 0.4) is 0 Å². The molecule has 1 rings (SSSR count). The maximum absolute atomic E-state index is 5.70. The minimum atomic E-state index is -0.00989. The molecule has 1 atom stereocenters. The van der Waals surface area contributed by atoms with Gasteiger partial charge in [0, 0.05) is 16.1 Å². The molecule has 0 fully saturated rings. The van der Waals surface area contributed by atoms with Crippen molar-refractivity contribution in [2.45, 2.75) is 31.8 Å². The van der Waals surface area contributed by atoms with Crippen LogP contribution in [0.15, 0.2) is 28.7 Å². The number of benzene rings is 1. The molecule has 0 aliphatic carbocycles. The van der Waals surface area contributed by atoms with E-state index in [1.54, 1.807) is 0 Å². The lowest BCUT2D eigenvalue weighted by Gasteiger charge is -2.40. The standard InChI is InChI=1S/C13H22BrN3/c1-13(2,17(3)4)12(16-15)9-10-7-5-6-8-11(10)14/h5-8,12,16H,9,15H2,1-4H3. The largest absolute Gasteiger partial charge is 0.303 e. The molecule has 0 amide bonds. The number of hydrazine groups is 1. The highest BCUT2D eigenvalue weighted by Gasteiger charge is 2.31. The molecule has 4 heteroatoms. The van der Waals surface area contributed by atoms with E-state index in [0.29, 0.717) is 0 Å². The van der Waals surface area contributed by atoms with Crippen molar-refractivity contribution in [1.29, 1.82) is 0 Å². The van der Waals surface area contributed by atoms with E-state index in [9.17, 15) is 0 Å². The van der Waals surface area contributed by atoms with Gasteiger partial charge in [-0.3, -0.25) is 11.3 Å². The van der Waals surface area contributed by atoms with Gasteiger partial charge in [0.15, 0.2) is 0 Å². The Morgan fingerprint density at radius 2 is 1.94 bits per heavy atom. The normalized spacial score (nSPS) is 14.1. The van der Waals surface area contributed by atoms with Gasteiger partial charge in [-0.1, -0.05) is 34.1 Å². The second kappa shape index (κ2) is 5.96. The summed E-state index contributed by atoms with van der Waals surface area (Å²) in [5, 5.41) is 0. The summed E-state index contributed by atoms with van der Waals surface area (Å²) < 4.78 is 1.13. The molecule has 1 aromatic rings. The van der Waals surface area contributed by atoms with E-state index in [4.69, 9.17) is 5.84 Å². The Bertz CT molecular complexity index is 363. The van der Waals surface area contributed by atoms with Gasteiger partial charge in [0.05, 0.1) is 0 Å². The van der Waals surface area contributed by atoms with Gasteiger partial charge in [0.25, 0.3) is 0 Å². The van der Waals surface area contributed by atoms with Crippen LogP contribution in [0.4, 0.5) is 0 Å². The number of hydrogen-bond acceptors (Lipinski definition) is 3. The Labute approximate surface area is 112 Å². The summed E-state index contributed by atoms with van der Waals surface area (Å²) in [6, 6.07) is 8.45. The highest BCUT2D eigenvalue weighted by atomic mass is 79.9. The van der Waals surface area contributed by atoms with Crippen LogP contribution in [0.1, 0.15) is 19.4 Å². The summed E-state index contributed by atoms with van der Waals surface area (Å²) in [5.74, 6) is 5.70. The summed E-state index contributed by atoms with van der Waals surface area (Å²) in [4.78, 5) is 2.19. The van der Waals surface area contributed by atoms with Crippen molar-refractivity contribution < 1.29 is 0 Å². The zero-order chi connectivity index (χ0) is 13.1. The van der Waals surface area contributed by atoms with Crippen LogP contribution < -0.4 is 11.3 Å². The van der Waals surface area contributed by atoms with Gasteiger partial charge in [-0.25, -0.2) is 0 Å². The number of rotatable bonds is 5. The Hall–Kier alpha value is -0.420. The van der Waals surface area contributed by atoms with E-state index in [1.165, 1.54) is 5.56 Å². The van der Waals surface area contributed by atoms with E-state index in [1.807, 2.05) is 6.07 Å². The molecule has 17 heavy (non-hydrogen) atoms. The monoisotopic (exact) mass is 299 g/mol. The average molecular weight is 300 g/mol. The van der Waals surface area contributed by atoms with Gasteiger partial charge in [-0.15, -0.1) is 0 Å². The topological polar surface area (TPSA) is 41.3 Å². The molecular weight excluding hydrogens is 278 g/mol. The van der Waals surface area contributed by atoms with Crippen molar-refractivity contribution in [3.05, 3.63) is 34.3 Å². The Kier molecular flexibility index (Phi) is 5.13. The highest BCUT2D eigenvalue weighted by Crippen LogP contribution is 2.23. The van der Waals surface area contributed by atoms with Crippen LogP contribution in [0.5, 0.6) is 0 Å². The number of halogens is 1. The molecule has 0 heterocycles. The molecule has 0 aromatic heterocycles. The SMILES string of the molecule is CN(C)C(C)(C)C(Cc1ccccc1Br)NN. The highest BCUT2D eigenvalue weighted by molar-refractivity contribution is 9.10. The first-order valence-corrected chi connectivity index (χ1v) is 6.56. The Balaban J connectivity index is 2.88. The first-order chi connectivity index (χ1) is 7.89. The Morgan fingerprint density at radius 1 is 1.35 bits per heavy atom. The number of likely N-dealkylation sites (N-methyl/N-ethyl adjacent to an activating group) is 1. The minimum Gasteiger partial charge on any atom is -0.303 e. The first-order valence-electron chi connectivity index (χ1n) is 5.76. The predicted molar refractivity (Wildman–Crippen MR) is 76.7 cm³/mol. The van der Waals surface area contributed by atoms with Crippen molar-refractivity contribution in [1.82, 2.24) is 10.3 Å². The van der Waals surface area contributed by atoms with E-state index in [2.05, 4.69) is 72.4 Å². The van der Waals surface area contributed by atoms with Gasteiger partial charge < -0.3 is 4.90 Å². The van der Waals surface area contributed by atoms with Gasteiger partial charge in [-0.05, 0) is 46.0 Å². The van der Waals surface area contributed by atoms with Crippen LogP contribution in [0.25, 0.3) is 0 Å². The molecule has 0 saturated carbocycles. The van der Waals surface area contributed by atoms with E-state index >= 15 is 0 Å². The predicted octanol–water partition coefficient (Wildman–Crippen LogP) is 2.16. The maximum Gasteiger partial charge on any atom is 0.0429 e. The van der Waals surface area contributed by atoms with Crippen LogP contribution >= 0.6 is 15.9 Å². The molecule has 1 aromatic carbocycles. The van der Waals surface area contributed by atoms with E-state index in [-0.39, 0.29) is 11.6 Å². The fraction of sp³-hybridized carbons (Fsp3) is 0.538. The zero-order valence-electron chi connectivity index (χ0n) is 11.0. The maximum atomic E-state index is 5.70. The molecule has 0 saturated heterocycles. The van der Waals surface area contributed by atoms with Gasteiger partial charge >= 0.3 is 0 Å². The van der Waals surface area contributed by atoms with Crippen molar-refractivity contribution in [2.75, 3.05) is 14.1 Å². The summed E-state index contributed by atoms with van der Waals surface area (Å²) in [5.41, 5.74) is 4.20. The average Bonchev–Trinajstić information content (AvgIpc) is 2.27. The summed E-state index contributed by atoms with van der Waals surface area (Å²) in [7, 11) is 4.15. The molecule has 0 aliphatic rings. The Morgan fingerprint density at radius 3 is 2.41 bits per heavy atom. The fourth-order valence-electron chi connectivity index (χ4n) is 1.71. The number of hydrogen-bond donors (Lipinski definition) is 2. The molecule has 0 bridgehead atoms. The molecule has 3 nitrogen and oxygen atoms in total. The lowest BCUT2D eigenvalue weighted by atomic mass is 9.88. The molecule has 3 N–H and O–H groups in total. The van der Waals surface area contributed by atoms with Crippen LogP contribution in [-0.4, -0.2) is 30.6 Å². The summed E-state index contributed by atoms with van der Waals surface area (Å²) in [6.45, 7) is 4.38. The fourth-order valence-corrected chi connectivity index (χ4v) is 2.15. The smallest absolute Gasteiger partial charge is 0.0429 e. The quantitative estimate of drug-likeness (QED) is 0.647. The third kappa shape index (κ3) is 3.52. The van der Waals surface area contributed by atoms with Crippen molar-refractivity contribution >= 4 is 15.9 Å². The molecule has 1 unspecified atom stereocenters.